The van der Waals surface area contributed by atoms with Crippen molar-refractivity contribution in [2.45, 2.75) is 71.3 Å². The van der Waals surface area contributed by atoms with Crippen LogP contribution >= 0.6 is 11.5 Å². The molecule has 4 heteroatoms. The third kappa shape index (κ3) is 3.67. The highest BCUT2D eigenvalue weighted by Crippen LogP contribution is 2.37. The molecule has 0 amide bonds. The summed E-state index contributed by atoms with van der Waals surface area (Å²) >= 11 is 1.51. The summed E-state index contributed by atoms with van der Waals surface area (Å²) < 4.78 is 4.56. The Labute approximate surface area is 115 Å². The summed E-state index contributed by atoms with van der Waals surface area (Å²) in [4.78, 5) is 4.68. The molecule has 2 rings (SSSR count). The van der Waals surface area contributed by atoms with Gasteiger partial charge in [-0.25, -0.2) is 4.98 Å². The van der Waals surface area contributed by atoms with E-state index < -0.39 is 0 Å². The van der Waals surface area contributed by atoms with Crippen LogP contribution in [0.25, 0.3) is 0 Å². The molecule has 1 fully saturated rings. The molecule has 1 heterocycles. The van der Waals surface area contributed by atoms with E-state index in [-0.39, 0.29) is 5.54 Å². The van der Waals surface area contributed by atoms with Crippen LogP contribution in [0.5, 0.6) is 0 Å². The summed E-state index contributed by atoms with van der Waals surface area (Å²) in [7, 11) is 0. The number of anilines is 1. The zero-order chi connectivity index (χ0) is 13.2. The van der Waals surface area contributed by atoms with Gasteiger partial charge in [-0.05, 0) is 39.5 Å². The predicted octanol–water partition coefficient (Wildman–Crippen LogP) is 4.43. The lowest BCUT2D eigenvalue weighted by Crippen LogP contribution is -2.26. The lowest BCUT2D eigenvalue weighted by Gasteiger charge is -2.26. The highest BCUT2D eigenvalue weighted by Gasteiger charge is 2.25. The van der Waals surface area contributed by atoms with Crippen LogP contribution in [0.3, 0.4) is 0 Å². The highest BCUT2D eigenvalue weighted by molar-refractivity contribution is 7.09. The van der Waals surface area contributed by atoms with Crippen LogP contribution < -0.4 is 5.32 Å². The Bertz CT molecular complexity index is 381. The average Bonchev–Trinajstić information content (AvgIpc) is 2.75. The molecule has 1 aliphatic rings. The number of aromatic nitrogens is 2. The molecule has 0 spiro atoms. The molecule has 0 radical (unpaired) electrons. The summed E-state index contributed by atoms with van der Waals surface area (Å²) in [5, 5.41) is 4.38. The van der Waals surface area contributed by atoms with E-state index in [4.69, 9.17) is 0 Å². The largest absolute Gasteiger partial charge is 0.356 e. The fourth-order valence-electron chi connectivity index (χ4n) is 2.67. The standard InChI is InChI=1S/C14H25N3S/c1-5-10-7-6-8-11(9-10)12-15-13(18-17-12)16-14(2,3)4/h10-11H,5-9H2,1-4H3,(H,15,16,17). The Morgan fingerprint density at radius 3 is 2.78 bits per heavy atom. The van der Waals surface area contributed by atoms with Crippen molar-refractivity contribution in [1.82, 2.24) is 9.36 Å². The van der Waals surface area contributed by atoms with Gasteiger partial charge in [-0.1, -0.05) is 26.2 Å². The van der Waals surface area contributed by atoms with Gasteiger partial charge in [0, 0.05) is 23.0 Å². The number of nitrogens with one attached hydrogen (secondary N) is 1. The molecule has 0 aliphatic heterocycles. The van der Waals surface area contributed by atoms with Gasteiger partial charge >= 0.3 is 0 Å². The molecule has 0 bridgehead atoms. The minimum absolute atomic E-state index is 0.0648. The lowest BCUT2D eigenvalue weighted by atomic mass is 9.80. The molecular formula is C14H25N3S. The molecule has 3 nitrogen and oxygen atoms in total. The van der Waals surface area contributed by atoms with Gasteiger partial charge in [-0.15, -0.1) is 0 Å². The van der Waals surface area contributed by atoms with Gasteiger partial charge in [0.1, 0.15) is 5.82 Å². The number of hydrogen-bond acceptors (Lipinski definition) is 4. The van der Waals surface area contributed by atoms with E-state index in [0.29, 0.717) is 5.92 Å². The fraction of sp³-hybridized carbons (Fsp3) is 0.857. The summed E-state index contributed by atoms with van der Waals surface area (Å²) in [5.41, 5.74) is 0.0648. The fourth-order valence-corrected chi connectivity index (χ4v) is 3.52. The van der Waals surface area contributed by atoms with E-state index in [2.05, 4.69) is 42.4 Å². The molecule has 0 aromatic carbocycles. The Morgan fingerprint density at radius 1 is 1.33 bits per heavy atom. The van der Waals surface area contributed by atoms with Gasteiger partial charge in [0.15, 0.2) is 0 Å². The van der Waals surface area contributed by atoms with Crippen molar-refractivity contribution < 1.29 is 0 Å². The van der Waals surface area contributed by atoms with Crippen molar-refractivity contribution in [3.8, 4) is 0 Å². The number of hydrogen-bond donors (Lipinski definition) is 1. The van der Waals surface area contributed by atoms with Gasteiger partial charge < -0.3 is 5.32 Å². The maximum absolute atomic E-state index is 4.68. The Morgan fingerprint density at radius 2 is 2.11 bits per heavy atom. The number of rotatable bonds is 3. The molecule has 1 saturated carbocycles. The number of nitrogens with zero attached hydrogens (tertiary/aromatic N) is 2. The molecule has 102 valence electrons. The van der Waals surface area contributed by atoms with E-state index in [0.717, 1.165) is 16.9 Å². The Kier molecular flexibility index (Phi) is 4.25. The van der Waals surface area contributed by atoms with E-state index in [1.54, 1.807) is 0 Å². The van der Waals surface area contributed by atoms with Crippen LogP contribution in [0.4, 0.5) is 5.13 Å². The highest BCUT2D eigenvalue weighted by atomic mass is 32.1. The molecule has 1 aromatic heterocycles. The van der Waals surface area contributed by atoms with Crippen LogP contribution in [0, 0.1) is 5.92 Å². The predicted molar refractivity (Wildman–Crippen MR) is 78.3 cm³/mol. The summed E-state index contributed by atoms with van der Waals surface area (Å²) in [6.45, 7) is 8.76. The van der Waals surface area contributed by atoms with Crippen LogP contribution in [-0.4, -0.2) is 14.9 Å². The van der Waals surface area contributed by atoms with Crippen LogP contribution in [0.2, 0.25) is 0 Å². The molecule has 0 saturated heterocycles. The summed E-state index contributed by atoms with van der Waals surface area (Å²) in [5.74, 6) is 2.55. The van der Waals surface area contributed by atoms with Crippen LogP contribution in [-0.2, 0) is 0 Å². The Hall–Kier alpha value is -0.640. The first kappa shape index (κ1) is 13.8. The minimum Gasteiger partial charge on any atom is -0.356 e. The van der Waals surface area contributed by atoms with Gasteiger partial charge in [0.05, 0.1) is 0 Å². The molecular weight excluding hydrogens is 242 g/mol. The Balaban J connectivity index is 2.01. The molecule has 18 heavy (non-hydrogen) atoms. The van der Waals surface area contributed by atoms with Gasteiger partial charge in [-0.2, -0.15) is 4.37 Å². The smallest absolute Gasteiger partial charge is 0.202 e. The summed E-state index contributed by atoms with van der Waals surface area (Å²) in [6.07, 6.45) is 6.58. The zero-order valence-electron chi connectivity index (χ0n) is 12.0. The topological polar surface area (TPSA) is 37.8 Å². The van der Waals surface area contributed by atoms with Gasteiger partial charge in [0.25, 0.3) is 0 Å². The van der Waals surface area contributed by atoms with Crippen molar-refractivity contribution >= 4 is 16.7 Å². The maximum atomic E-state index is 4.68. The van der Waals surface area contributed by atoms with Gasteiger partial charge in [-0.3, -0.25) is 0 Å². The van der Waals surface area contributed by atoms with Crippen LogP contribution in [0.1, 0.15) is 71.5 Å². The SMILES string of the molecule is CCC1CCCC(c2nsc(NC(C)(C)C)n2)C1. The first-order valence-electron chi connectivity index (χ1n) is 7.09. The monoisotopic (exact) mass is 267 g/mol. The third-order valence-electron chi connectivity index (χ3n) is 3.65. The quantitative estimate of drug-likeness (QED) is 0.880. The molecule has 2 atom stereocenters. The second-order valence-electron chi connectivity index (χ2n) is 6.47. The first-order valence-corrected chi connectivity index (χ1v) is 7.87. The second-order valence-corrected chi connectivity index (χ2v) is 7.22. The van der Waals surface area contributed by atoms with Crippen molar-refractivity contribution in [2.24, 2.45) is 5.92 Å². The normalized spacial score (nSPS) is 25.1. The zero-order valence-corrected chi connectivity index (χ0v) is 12.8. The van der Waals surface area contributed by atoms with E-state index in [1.165, 1.54) is 43.6 Å². The molecule has 1 N–H and O–H groups in total. The first-order chi connectivity index (χ1) is 8.48. The molecule has 2 unspecified atom stereocenters. The van der Waals surface area contributed by atoms with Gasteiger partial charge in [0.2, 0.25) is 5.13 Å². The molecule has 1 aliphatic carbocycles. The second kappa shape index (κ2) is 5.55. The van der Waals surface area contributed by atoms with Crippen LogP contribution in [0.15, 0.2) is 0 Å². The lowest BCUT2D eigenvalue weighted by molar-refractivity contribution is 0.308. The van der Waals surface area contributed by atoms with Crippen molar-refractivity contribution in [3.05, 3.63) is 5.82 Å². The van der Waals surface area contributed by atoms with E-state index >= 15 is 0 Å². The van der Waals surface area contributed by atoms with Crippen molar-refractivity contribution in [1.29, 1.82) is 0 Å². The summed E-state index contributed by atoms with van der Waals surface area (Å²) in [6, 6.07) is 0. The van der Waals surface area contributed by atoms with E-state index in [1.807, 2.05) is 0 Å². The molecule has 1 aromatic rings. The maximum Gasteiger partial charge on any atom is 0.202 e. The van der Waals surface area contributed by atoms with Crippen molar-refractivity contribution in [3.63, 3.8) is 0 Å². The van der Waals surface area contributed by atoms with E-state index in [9.17, 15) is 0 Å². The van der Waals surface area contributed by atoms with Crippen molar-refractivity contribution in [2.75, 3.05) is 5.32 Å². The third-order valence-corrected chi connectivity index (χ3v) is 4.29. The average molecular weight is 267 g/mol. The minimum atomic E-state index is 0.0648.